The van der Waals surface area contributed by atoms with Crippen LogP contribution in [0.15, 0.2) is 29.4 Å². The lowest BCUT2D eigenvalue weighted by molar-refractivity contribution is 0.168. The van der Waals surface area contributed by atoms with Gasteiger partial charge >= 0.3 is 0 Å². The molecule has 21 heavy (non-hydrogen) atoms. The minimum Gasteiger partial charge on any atom is -0.409 e. The third-order valence-corrected chi connectivity index (χ3v) is 4.18. The Morgan fingerprint density at radius 3 is 2.43 bits per heavy atom. The Balaban J connectivity index is 2.05. The van der Waals surface area contributed by atoms with E-state index in [0.29, 0.717) is 5.92 Å². The van der Waals surface area contributed by atoms with E-state index in [9.17, 15) is 0 Å². The van der Waals surface area contributed by atoms with Crippen LogP contribution >= 0.6 is 0 Å². The molecule has 1 saturated carbocycles. The summed E-state index contributed by atoms with van der Waals surface area (Å²) in [7, 11) is 0. The molecule has 116 valence electrons. The largest absolute Gasteiger partial charge is 0.409 e. The smallest absolute Gasteiger partial charge is 0.170 e. The summed E-state index contributed by atoms with van der Waals surface area (Å²) in [6.07, 6.45) is 5.38. The fraction of sp³-hybridized carbons (Fsp3) is 0.588. The van der Waals surface area contributed by atoms with Gasteiger partial charge < -0.3 is 10.9 Å². The second kappa shape index (κ2) is 7.46. The summed E-state index contributed by atoms with van der Waals surface area (Å²) in [5.41, 5.74) is 7.65. The molecule has 1 aromatic rings. The third-order valence-electron chi connectivity index (χ3n) is 4.18. The quantitative estimate of drug-likeness (QED) is 0.366. The van der Waals surface area contributed by atoms with Crippen LogP contribution in [0.25, 0.3) is 0 Å². The minimum absolute atomic E-state index is 0.163. The summed E-state index contributed by atoms with van der Waals surface area (Å²) in [6, 6.07) is 8.74. The predicted molar refractivity (Wildman–Crippen MR) is 86.5 cm³/mol. The highest BCUT2D eigenvalue weighted by Crippen LogP contribution is 2.25. The molecule has 1 aliphatic rings. The van der Waals surface area contributed by atoms with Crippen LogP contribution in [0.3, 0.4) is 0 Å². The van der Waals surface area contributed by atoms with E-state index in [1.54, 1.807) is 0 Å². The Kier molecular flexibility index (Phi) is 5.62. The zero-order valence-electron chi connectivity index (χ0n) is 13.1. The average molecular weight is 289 g/mol. The van der Waals surface area contributed by atoms with E-state index in [-0.39, 0.29) is 5.84 Å². The number of nitrogens with zero attached hydrogens (tertiary/aromatic N) is 2. The zero-order valence-corrected chi connectivity index (χ0v) is 13.1. The average Bonchev–Trinajstić information content (AvgIpc) is 3.00. The molecule has 0 bridgehead atoms. The molecule has 0 unspecified atom stereocenters. The number of oxime groups is 1. The van der Waals surface area contributed by atoms with Crippen molar-refractivity contribution in [3.63, 3.8) is 0 Å². The van der Waals surface area contributed by atoms with Crippen LogP contribution in [0.5, 0.6) is 0 Å². The Morgan fingerprint density at radius 1 is 1.29 bits per heavy atom. The first-order valence-electron chi connectivity index (χ1n) is 7.91. The lowest BCUT2D eigenvalue weighted by Crippen LogP contribution is -2.35. The van der Waals surface area contributed by atoms with Crippen molar-refractivity contribution < 1.29 is 5.21 Å². The van der Waals surface area contributed by atoms with E-state index < -0.39 is 0 Å². The lowest BCUT2D eigenvalue weighted by atomic mass is 10.1. The van der Waals surface area contributed by atoms with Crippen LogP contribution in [-0.2, 0) is 6.54 Å². The molecule has 4 nitrogen and oxygen atoms in total. The molecule has 0 spiro atoms. The standard InChI is InChI=1S/C17H27N3O/c1-13(2)11-20(16-5-3-4-6-16)12-14-7-9-15(10-8-14)17(18)19-21/h7-10,13,16,21H,3-6,11-12H2,1-2H3,(H2,18,19). The molecule has 1 fully saturated rings. The molecule has 0 saturated heterocycles. The summed E-state index contributed by atoms with van der Waals surface area (Å²) in [5, 5.41) is 11.7. The Morgan fingerprint density at radius 2 is 1.90 bits per heavy atom. The van der Waals surface area contributed by atoms with Crippen molar-refractivity contribution in [3.8, 4) is 0 Å². The topological polar surface area (TPSA) is 61.8 Å². The maximum atomic E-state index is 8.70. The normalized spacial score (nSPS) is 17.0. The van der Waals surface area contributed by atoms with Gasteiger partial charge in [-0.2, -0.15) is 0 Å². The zero-order chi connectivity index (χ0) is 15.2. The summed E-state index contributed by atoms with van der Waals surface area (Å²) in [4.78, 5) is 2.62. The van der Waals surface area contributed by atoms with Crippen LogP contribution in [0.2, 0.25) is 0 Å². The monoisotopic (exact) mass is 289 g/mol. The van der Waals surface area contributed by atoms with Gasteiger partial charge in [-0.25, -0.2) is 0 Å². The van der Waals surface area contributed by atoms with Crippen LogP contribution < -0.4 is 5.73 Å². The molecule has 2 rings (SSSR count). The van der Waals surface area contributed by atoms with E-state index in [1.165, 1.54) is 31.2 Å². The van der Waals surface area contributed by atoms with Crippen LogP contribution in [0.4, 0.5) is 0 Å². The summed E-state index contributed by atoms with van der Waals surface area (Å²) in [5.74, 6) is 0.846. The molecule has 1 aliphatic carbocycles. The number of nitrogens with two attached hydrogens (primary N) is 1. The third kappa shape index (κ3) is 4.46. The highest BCUT2D eigenvalue weighted by atomic mass is 16.4. The maximum Gasteiger partial charge on any atom is 0.170 e. The van der Waals surface area contributed by atoms with Crippen LogP contribution in [-0.4, -0.2) is 28.5 Å². The van der Waals surface area contributed by atoms with Gasteiger partial charge in [-0.05, 0) is 24.3 Å². The van der Waals surface area contributed by atoms with Gasteiger partial charge in [-0.15, -0.1) is 0 Å². The van der Waals surface area contributed by atoms with Crippen molar-refractivity contribution in [2.75, 3.05) is 6.54 Å². The molecule has 1 aromatic carbocycles. The fourth-order valence-corrected chi connectivity index (χ4v) is 3.15. The molecular formula is C17H27N3O. The molecule has 0 amide bonds. The number of hydrogen-bond donors (Lipinski definition) is 2. The van der Waals surface area contributed by atoms with Crippen LogP contribution in [0, 0.1) is 5.92 Å². The number of amidine groups is 1. The van der Waals surface area contributed by atoms with Crippen molar-refractivity contribution in [1.29, 1.82) is 0 Å². The van der Waals surface area contributed by atoms with E-state index in [0.717, 1.165) is 24.7 Å². The molecular weight excluding hydrogens is 262 g/mol. The summed E-state index contributed by atoms with van der Waals surface area (Å²) in [6.45, 7) is 6.69. The van der Waals surface area contributed by atoms with Gasteiger partial charge in [0.05, 0.1) is 0 Å². The summed E-state index contributed by atoms with van der Waals surface area (Å²) < 4.78 is 0. The molecule has 0 heterocycles. The first-order chi connectivity index (χ1) is 10.1. The first-order valence-corrected chi connectivity index (χ1v) is 7.91. The Hall–Kier alpha value is -1.55. The molecule has 3 N–H and O–H groups in total. The number of benzene rings is 1. The summed E-state index contributed by atoms with van der Waals surface area (Å²) >= 11 is 0. The lowest BCUT2D eigenvalue weighted by Gasteiger charge is -2.30. The Labute approximate surface area is 127 Å². The van der Waals surface area contributed by atoms with Gasteiger partial charge in [-0.1, -0.05) is 56.1 Å². The highest BCUT2D eigenvalue weighted by Gasteiger charge is 2.23. The van der Waals surface area contributed by atoms with Gasteiger partial charge in [0.2, 0.25) is 0 Å². The molecule has 0 radical (unpaired) electrons. The van der Waals surface area contributed by atoms with Gasteiger partial charge in [0.25, 0.3) is 0 Å². The fourth-order valence-electron chi connectivity index (χ4n) is 3.15. The SMILES string of the molecule is CC(C)CN(Cc1ccc(/C(N)=N/O)cc1)C1CCCC1. The minimum atomic E-state index is 0.163. The second-order valence-corrected chi connectivity index (χ2v) is 6.44. The van der Waals surface area contributed by atoms with Crippen molar-refractivity contribution >= 4 is 5.84 Å². The maximum absolute atomic E-state index is 8.70. The van der Waals surface area contributed by atoms with E-state index in [1.807, 2.05) is 12.1 Å². The molecule has 0 aromatic heterocycles. The van der Waals surface area contributed by atoms with Crippen molar-refractivity contribution in [2.24, 2.45) is 16.8 Å². The van der Waals surface area contributed by atoms with Crippen molar-refractivity contribution in [1.82, 2.24) is 4.90 Å². The molecule has 0 aliphatic heterocycles. The first kappa shape index (κ1) is 15.8. The number of hydrogen-bond acceptors (Lipinski definition) is 3. The molecule has 4 heteroatoms. The second-order valence-electron chi connectivity index (χ2n) is 6.44. The number of rotatable bonds is 6. The van der Waals surface area contributed by atoms with Gasteiger partial charge in [0.15, 0.2) is 5.84 Å². The van der Waals surface area contributed by atoms with Gasteiger partial charge in [0.1, 0.15) is 0 Å². The predicted octanol–water partition coefficient (Wildman–Crippen LogP) is 3.18. The van der Waals surface area contributed by atoms with E-state index >= 15 is 0 Å². The van der Waals surface area contributed by atoms with E-state index in [4.69, 9.17) is 10.9 Å². The van der Waals surface area contributed by atoms with Gasteiger partial charge in [0, 0.05) is 24.7 Å². The Bertz CT molecular complexity index is 461. The van der Waals surface area contributed by atoms with E-state index in [2.05, 4.69) is 36.0 Å². The van der Waals surface area contributed by atoms with Gasteiger partial charge in [-0.3, -0.25) is 4.90 Å². The van der Waals surface area contributed by atoms with Crippen molar-refractivity contribution in [2.45, 2.75) is 52.1 Å². The highest BCUT2D eigenvalue weighted by molar-refractivity contribution is 5.96. The van der Waals surface area contributed by atoms with Crippen molar-refractivity contribution in [3.05, 3.63) is 35.4 Å². The molecule has 0 atom stereocenters. The van der Waals surface area contributed by atoms with Crippen LogP contribution in [0.1, 0.15) is 50.7 Å².